The standard InChI is InChI=1S/C28H28FNO2/c29-26-11-5-9-22(13-26)21-8-4-10-23(12-21)27(31)19-30-17-24-15-28(32,16-25(24)18-30)14-20-6-2-1-3-7-20/h1-13,24-25,32H,14-19H2/t24-,25+,28+. The molecule has 0 aromatic heterocycles. The number of halogens is 1. The lowest BCUT2D eigenvalue weighted by atomic mass is 9.91. The van der Waals surface area contributed by atoms with Crippen molar-refractivity contribution in [2.24, 2.45) is 11.8 Å². The molecular weight excluding hydrogens is 401 g/mol. The van der Waals surface area contributed by atoms with Crippen molar-refractivity contribution >= 4 is 5.78 Å². The van der Waals surface area contributed by atoms with Crippen LogP contribution in [0.1, 0.15) is 28.8 Å². The molecule has 1 heterocycles. The van der Waals surface area contributed by atoms with Crippen LogP contribution < -0.4 is 0 Å². The molecule has 0 radical (unpaired) electrons. The van der Waals surface area contributed by atoms with Crippen LogP contribution in [0, 0.1) is 17.7 Å². The van der Waals surface area contributed by atoms with Crippen molar-refractivity contribution in [1.29, 1.82) is 0 Å². The van der Waals surface area contributed by atoms with Gasteiger partial charge in [0.15, 0.2) is 5.78 Å². The van der Waals surface area contributed by atoms with Gasteiger partial charge in [0.25, 0.3) is 0 Å². The normalized spacial score (nSPS) is 25.1. The van der Waals surface area contributed by atoms with Crippen LogP contribution in [0.5, 0.6) is 0 Å². The minimum absolute atomic E-state index is 0.0859. The van der Waals surface area contributed by atoms with E-state index in [4.69, 9.17) is 0 Å². The van der Waals surface area contributed by atoms with Gasteiger partial charge >= 0.3 is 0 Å². The van der Waals surface area contributed by atoms with Crippen molar-refractivity contribution in [2.45, 2.75) is 24.9 Å². The number of carbonyl (C=O) groups is 1. The van der Waals surface area contributed by atoms with Crippen LogP contribution in [0.15, 0.2) is 78.9 Å². The summed E-state index contributed by atoms with van der Waals surface area (Å²) in [7, 11) is 0. The Kier molecular flexibility index (Phi) is 5.66. The number of fused-ring (bicyclic) bond motifs is 1. The van der Waals surface area contributed by atoms with Gasteiger partial charge in [-0.05, 0) is 59.6 Å². The second kappa shape index (κ2) is 8.61. The van der Waals surface area contributed by atoms with Crippen LogP contribution in [-0.2, 0) is 6.42 Å². The number of rotatable bonds is 6. The maximum absolute atomic E-state index is 13.6. The third-order valence-corrected chi connectivity index (χ3v) is 7.02. The van der Waals surface area contributed by atoms with Crippen LogP contribution in [0.3, 0.4) is 0 Å². The molecule has 164 valence electrons. The predicted octanol–water partition coefficient (Wildman–Crippen LogP) is 4.99. The Morgan fingerprint density at radius 3 is 2.25 bits per heavy atom. The van der Waals surface area contributed by atoms with Gasteiger partial charge in [-0.15, -0.1) is 0 Å². The van der Waals surface area contributed by atoms with Crippen LogP contribution in [0.2, 0.25) is 0 Å². The quantitative estimate of drug-likeness (QED) is 0.561. The molecule has 1 aliphatic carbocycles. The topological polar surface area (TPSA) is 40.5 Å². The predicted molar refractivity (Wildman–Crippen MR) is 124 cm³/mol. The highest BCUT2D eigenvalue weighted by atomic mass is 19.1. The molecular formula is C28H28FNO2. The largest absolute Gasteiger partial charge is 0.390 e. The van der Waals surface area contributed by atoms with E-state index in [0.717, 1.165) is 37.1 Å². The molecule has 4 heteroatoms. The maximum atomic E-state index is 13.6. The number of hydrogen-bond acceptors (Lipinski definition) is 3. The monoisotopic (exact) mass is 429 g/mol. The van der Waals surface area contributed by atoms with E-state index >= 15 is 0 Å². The van der Waals surface area contributed by atoms with Crippen LogP contribution in [-0.4, -0.2) is 41.0 Å². The number of benzene rings is 3. The lowest BCUT2D eigenvalue weighted by Gasteiger charge is -2.26. The van der Waals surface area contributed by atoms with Gasteiger partial charge in [0.1, 0.15) is 5.82 Å². The van der Waals surface area contributed by atoms with Crippen molar-refractivity contribution in [3.05, 3.63) is 95.8 Å². The van der Waals surface area contributed by atoms with E-state index in [2.05, 4.69) is 17.0 Å². The van der Waals surface area contributed by atoms with Crippen molar-refractivity contribution in [3.63, 3.8) is 0 Å². The van der Waals surface area contributed by atoms with Gasteiger partial charge in [-0.1, -0.05) is 60.7 Å². The number of ketones is 1. The number of likely N-dealkylation sites (tertiary alicyclic amines) is 1. The zero-order valence-electron chi connectivity index (χ0n) is 18.1. The van der Waals surface area contributed by atoms with E-state index in [-0.39, 0.29) is 11.6 Å². The Morgan fingerprint density at radius 1 is 0.906 bits per heavy atom. The molecule has 0 spiro atoms. The molecule has 2 aliphatic rings. The SMILES string of the molecule is O=C(CN1C[C@@H]2C[C@](O)(Cc3ccccc3)C[C@@H]2C1)c1cccc(-c2cccc(F)c2)c1. The molecule has 3 aromatic carbocycles. The second-order valence-corrected chi connectivity index (χ2v) is 9.52. The van der Waals surface area contributed by atoms with E-state index in [0.29, 0.717) is 30.4 Å². The summed E-state index contributed by atoms with van der Waals surface area (Å²) in [6.45, 7) is 2.10. The molecule has 2 fully saturated rings. The summed E-state index contributed by atoms with van der Waals surface area (Å²) in [4.78, 5) is 15.2. The van der Waals surface area contributed by atoms with E-state index < -0.39 is 5.60 Å². The van der Waals surface area contributed by atoms with E-state index in [9.17, 15) is 14.3 Å². The Morgan fingerprint density at radius 2 is 1.56 bits per heavy atom. The molecule has 1 saturated heterocycles. The minimum atomic E-state index is -0.633. The molecule has 1 aliphatic heterocycles. The average Bonchev–Trinajstić information content (AvgIpc) is 3.28. The highest BCUT2D eigenvalue weighted by molar-refractivity contribution is 5.98. The fraction of sp³-hybridized carbons (Fsp3) is 0.321. The van der Waals surface area contributed by atoms with Crippen LogP contribution in [0.4, 0.5) is 4.39 Å². The molecule has 0 unspecified atom stereocenters. The molecule has 5 rings (SSSR count). The first kappa shape index (κ1) is 21.0. The van der Waals surface area contributed by atoms with Gasteiger partial charge in [-0.2, -0.15) is 0 Å². The average molecular weight is 430 g/mol. The third-order valence-electron chi connectivity index (χ3n) is 7.02. The number of carbonyl (C=O) groups excluding carboxylic acids is 1. The zero-order chi connectivity index (χ0) is 22.1. The molecule has 1 N–H and O–H groups in total. The number of aliphatic hydroxyl groups is 1. The summed E-state index contributed by atoms with van der Waals surface area (Å²) >= 11 is 0. The van der Waals surface area contributed by atoms with Crippen LogP contribution in [0.25, 0.3) is 11.1 Å². The Labute approximate surface area is 188 Å². The summed E-state index contributed by atoms with van der Waals surface area (Å²) < 4.78 is 13.6. The summed E-state index contributed by atoms with van der Waals surface area (Å²) in [6.07, 6.45) is 2.30. The van der Waals surface area contributed by atoms with Crippen LogP contribution >= 0.6 is 0 Å². The number of Topliss-reactive ketones (excluding diaryl/α,β-unsaturated/α-hetero) is 1. The fourth-order valence-corrected chi connectivity index (χ4v) is 5.64. The van der Waals surface area contributed by atoms with Gasteiger partial charge < -0.3 is 5.11 Å². The van der Waals surface area contributed by atoms with E-state index in [1.54, 1.807) is 6.07 Å². The third kappa shape index (κ3) is 4.52. The van der Waals surface area contributed by atoms with Gasteiger partial charge in [0.05, 0.1) is 12.1 Å². The lowest BCUT2D eigenvalue weighted by molar-refractivity contribution is 0.0355. The molecule has 0 amide bonds. The maximum Gasteiger partial charge on any atom is 0.176 e. The highest BCUT2D eigenvalue weighted by Gasteiger charge is 2.48. The summed E-state index contributed by atoms with van der Waals surface area (Å²) in [6, 6.07) is 24.1. The van der Waals surface area contributed by atoms with Gasteiger partial charge in [0.2, 0.25) is 0 Å². The molecule has 3 nitrogen and oxygen atoms in total. The van der Waals surface area contributed by atoms with Crippen molar-refractivity contribution in [1.82, 2.24) is 4.90 Å². The molecule has 3 atom stereocenters. The van der Waals surface area contributed by atoms with E-state index in [1.165, 1.54) is 17.7 Å². The van der Waals surface area contributed by atoms with Gasteiger partial charge in [-0.25, -0.2) is 4.39 Å². The Bertz CT molecular complexity index is 1100. The van der Waals surface area contributed by atoms with Gasteiger partial charge in [0, 0.05) is 25.1 Å². The minimum Gasteiger partial charge on any atom is -0.390 e. The first-order valence-corrected chi connectivity index (χ1v) is 11.4. The molecule has 1 saturated carbocycles. The second-order valence-electron chi connectivity index (χ2n) is 9.52. The first-order valence-electron chi connectivity index (χ1n) is 11.4. The fourth-order valence-electron chi connectivity index (χ4n) is 5.64. The molecule has 3 aromatic rings. The number of hydrogen-bond donors (Lipinski definition) is 1. The smallest absolute Gasteiger partial charge is 0.176 e. The highest BCUT2D eigenvalue weighted by Crippen LogP contribution is 2.45. The Balaban J connectivity index is 1.20. The Hall–Kier alpha value is -2.82. The van der Waals surface area contributed by atoms with E-state index in [1.807, 2.05) is 48.5 Å². The zero-order valence-corrected chi connectivity index (χ0v) is 18.1. The van der Waals surface area contributed by atoms with Crippen molar-refractivity contribution in [2.75, 3.05) is 19.6 Å². The molecule has 32 heavy (non-hydrogen) atoms. The first-order chi connectivity index (χ1) is 15.5. The summed E-state index contributed by atoms with van der Waals surface area (Å²) in [5, 5.41) is 11.1. The number of nitrogens with zero attached hydrogens (tertiary/aromatic N) is 1. The van der Waals surface area contributed by atoms with Crippen molar-refractivity contribution in [3.8, 4) is 11.1 Å². The summed E-state index contributed by atoms with van der Waals surface area (Å²) in [5.41, 5.74) is 2.82. The van der Waals surface area contributed by atoms with Crippen molar-refractivity contribution < 1.29 is 14.3 Å². The molecule has 0 bridgehead atoms. The lowest BCUT2D eigenvalue weighted by Crippen LogP contribution is -2.34. The van der Waals surface area contributed by atoms with Gasteiger partial charge in [-0.3, -0.25) is 9.69 Å². The summed E-state index contributed by atoms with van der Waals surface area (Å²) in [5.74, 6) is 0.683.